The standard InChI is InChI=1S/C27H27NO3/c1-18(2)27-23(14-13-22-15-21(29)16-26(30)31-22)24(19-9-5-3-6-10-19)17-25(28-27)20-11-7-4-8-12-20/h3-14,17-18,21-22,29H,15-16H2,1-2H3/b14-13+/t21-,22-/m1/s1. The van der Waals surface area contributed by atoms with Gasteiger partial charge in [0.1, 0.15) is 6.10 Å². The summed E-state index contributed by atoms with van der Waals surface area (Å²) < 4.78 is 5.41. The molecule has 1 fully saturated rings. The van der Waals surface area contributed by atoms with Crippen molar-refractivity contribution >= 4 is 12.0 Å². The van der Waals surface area contributed by atoms with Crippen molar-refractivity contribution in [2.24, 2.45) is 0 Å². The number of aliphatic hydroxyl groups excluding tert-OH is 1. The van der Waals surface area contributed by atoms with E-state index in [0.29, 0.717) is 6.42 Å². The molecule has 4 heteroatoms. The molecule has 158 valence electrons. The van der Waals surface area contributed by atoms with Crippen molar-refractivity contribution in [1.29, 1.82) is 0 Å². The summed E-state index contributed by atoms with van der Waals surface area (Å²) in [5.41, 5.74) is 6.18. The van der Waals surface area contributed by atoms with Gasteiger partial charge in [0.15, 0.2) is 0 Å². The minimum atomic E-state index is -0.660. The van der Waals surface area contributed by atoms with Crippen molar-refractivity contribution in [2.45, 2.75) is 44.8 Å². The number of cyclic esters (lactones) is 1. The van der Waals surface area contributed by atoms with Crippen molar-refractivity contribution < 1.29 is 14.6 Å². The van der Waals surface area contributed by atoms with Crippen LogP contribution in [0.4, 0.5) is 0 Å². The summed E-state index contributed by atoms with van der Waals surface area (Å²) in [6.07, 6.45) is 3.24. The topological polar surface area (TPSA) is 59.4 Å². The molecule has 4 nitrogen and oxygen atoms in total. The summed E-state index contributed by atoms with van der Waals surface area (Å²) in [5.74, 6) is -0.163. The quantitative estimate of drug-likeness (QED) is 0.552. The number of esters is 1. The maximum Gasteiger partial charge on any atom is 0.309 e. The Hall–Kier alpha value is -3.24. The van der Waals surface area contributed by atoms with Gasteiger partial charge >= 0.3 is 5.97 Å². The maximum atomic E-state index is 11.7. The van der Waals surface area contributed by atoms with Crippen molar-refractivity contribution in [3.05, 3.63) is 84.1 Å². The van der Waals surface area contributed by atoms with Gasteiger partial charge in [0.2, 0.25) is 0 Å². The molecule has 0 saturated carbocycles. The molecular formula is C27H27NO3. The molecule has 0 bridgehead atoms. The van der Waals surface area contributed by atoms with Gasteiger partial charge < -0.3 is 9.84 Å². The number of ether oxygens (including phenoxy) is 1. The van der Waals surface area contributed by atoms with E-state index in [1.165, 1.54) is 0 Å². The van der Waals surface area contributed by atoms with Crippen molar-refractivity contribution in [3.63, 3.8) is 0 Å². The molecule has 1 saturated heterocycles. The van der Waals surface area contributed by atoms with Crippen LogP contribution in [0.25, 0.3) is 28.5 Å². The first-order valence-corrected chi connectivity index (χ1v) is 10.7. The van der Waals surface area contributed by atoms with E-state index in [-0.39, 0.29) is 18.3 Å². The Bertz CT molecular complexity index is 1070. The number of aromatic nitrogens is 1. The summed E-state index contributed by atoms with van der Waals surface area (Å²) in [6, 6.07) is 22.5. The van der Waals surface area contributed by atoms with Crippen LogP contribution in [-0.2, 0) is 9.53 Å². The maximum absolute atomic E-state index is 11.7. The number of carbonyl (C=O) groups excluding carboxylic acids is 1. The predicted octanol–water partition coefficient (Wildman–Crippen LogP) is 5.62. The third-order valence-corrected chi connectivity index (χ3v) is 5.46. The van der Waals surface area contributed by atoms with Gasteiger partial charge in [0.25, 0.3) is 0 Å². The molecule has 3 aromatic rings. The molecule has 2 heterocycles. The highest BCUT2D eigenvalue weighted by atomic mass is 16.5. The van der Waals surface area contributed by atoms with E-state index in [1.807, 2.05) is 48.6 Å². The summed E-state index contributed by atoms with van der Waals surface area (Å²) in [5, 5.41) is 9.94. The Labute approximate surface area is 183 Å². The molecule has 1 aliphatic heterocycles. The normalized spacial score (nSPS) is 19.0. The summed E-state index contributed by atoms with van der Waals surface area (Å²) in [6.45, 7) is 4.27. The Morgan fingerprint density at radius 3 is 2.29 bits per heavy atom. The Morgan fingerprint density at radius 1 is 1.03 bits per heavy atom. The molecule has 0 unspecified atom stereocenters. The third-order valence-electron chi connectivity index (χ3n) is 5.46. The second-order valence-corrected chi connectivity index (χ2v) is 8.22. The van der Waals surface area contributed by atoms with Crippen LogP contribution < -0.4 is 0 Å². The number of benzene rings is 2. The minimum absolute atomic E-state index is 0.0597. The lowest BCUT2D eigenvalue weighted by molar-refractivity contribution is -0.156. The van der Waals surface area contributed by atoms with Gasteiger partial charge in [-0.05, 0) is 29.2 Å². The van der Waals surface area contributed by atoms with Crippen LogP contribution >= 0.6 is 0 Å². The third kappa shape index (κ3) is 4.92. The number of carbonyl (C=O) groups is 1. The van der Waals surface area contributed by atoms with Gasteiger partial charge in [-0.3, -0.25) is 9.78 Å². The van der Waals surface area contributed by atoms with Gasteiger partial charge in [0.05, 0.1) is 23.9 Å². The molecule has 0 amide bonds. The first-order valence-electron chi connectivity index (χ1n) is 10.7. The molecule has 4 rings (SSSR count). The van der Waals surface area contributed by atoms with Crippen LogP contribution in [0.2, 0.25) is 0 Å². The van der Waals surface area contributed by atoms with Gasteiger partial charge in [-0.15, -0.1) is 0 Å². The predicted molar refractivity (Wildman–Crippen MR) is 123 cm³/mol. The number of hydrogen-bond acceptors (Lipinski definition) is 4. The number of rotatable bonds is 5. The first-order chi connectivity index (χ1) is 15.0. The summed E-state index contributed by atoms with van der Waals surface area (Å²) in [7, 11) is 0. The van der Waals surface area contributed by atoms with Crippen molar-refractivity contribution in [1.82, 2.24) is 4.98 Å². The fourth-order valence-corrected chi connectivity index (χ4v) is 3.93. The minimum Gasteiger partial charge on any atom is -0.458 e. The lowest BCUT2D eigenvalue weighted by atomic mass is 9.91. The Kier molecular flexibility index (Phi) is 6.28. The zero-order chi connectivity index (χ0) is 21.8. The van der Waals surface area contributed by atoms with E-state index in [2.05, 4.69) is 44.2 Å². The van der Waals surface area contributed by atoms with Gasteiger partial charge in [-0.25, -0.2) is 0 Å². The molecule has 1 N–H and O–H groups in total. The van der Waals surface area contributed by atoms with Crippen LogP contribution in [0.3, 0.4) is 0 Å². The van der Waals surface area contributed by atoms with E-state index in [0.717, 1.165) is 33.6 Å². The average molecular weight is 414 g/mol. The SMILES string of the molecule is CC(C)c1nc(-c2ccccc2)cc(-c2ccccc2)c1/C=C/[C@@H]1C[C@@H](O)CC(=O)O1. The van der Waals surface area contributed by atoms with Crippen LogP contribution in [0.5, 0.6) is 0 Å². The highest BCUT2D eigenvalue weighted by Gasteiger charge is 2.25. The first kappa shape index (κ1) is 21.0. The fraction of sp³-hybridized carbons (Fsp3) is 0.259. The van der Waals surface area contributed by atoms with Crippen molar-refractivity contribution in [3.8, 4) is 22.4 Å². The van der Waals surface area contributed by atoms with Crippen LogP contribution in [0, 0.1) is 0 Å². The van der Waals surface area contributed by atoms with E-state index in [4.69, 9.17) is 9.72 Å². The number of nitrogens with zero attached hydrogens (tertiary/aromatic N) is 1. The molecule has 2 aromatic carbocycles. The van der Waals surface area contributed by atoms with E-state index in [1.54, 1.807) is 0 Å². The van der Waals surface area contributed by atoms with E-state index in [9.17, 15) is 9.90 Å². The molecule has 1 aliphatic rings. The summed E-state index contributed by atoms with van der Waals surface area (Å²) in [4.78, 5) is 16.7. The molecular weight excluding hydrogens is 386 g/mol. The fourth-order valence-electron chi connectivity index (χ4n) is 3.93. The molecule has 31 heavy (non-hydrogen) atoms. The number of pyridine rings is 1. The van der Waals surface area contributed by atoms with Crippen molar-refractivity contribution in [2.75, 3.05) is 0 Å². The second kappa shape index (κ2) is 9.27. The smallest absolute Gasteiger partial charge is 0.309 e. The van der Waals surface area contributed by atoms with E-state index >= 15 is 0 Å². The largest absolute Gasteiger partial charge is 0.458 e. The zero-order valence-corrected chi connectivity index (χ0v) is 17.9. The van der Waals surface area contributed by atoms with Gasteiger partial charge in [-0.1, -0.05) is 80.6 Å². The Balaban J connectivity index is 1.84. The van der Waals surface area contributed by atoms with Crippen LogP contribution in [0.1, 0.15) is 43.9 Å². The number of hydrogen-bond donors (Lipinski definition) is 1. The van der Waals surface area contributed by atoms with Crippen LogP contribution in [-0.4, -0.2) is 28.3 Å². The zero-order valence-electron chi connectivity index (χ0n) is 17.9. The second-order valence-electron chi connectivity index (χ2n) is 8.22. The number of aliphatic hydroxyl groups is 1. The molecule has 0 aliphatic carbocycles. The van der Waals surface area contributed by atoms with Crippen LogP contribution in [0.15, 0.2) is 72.8 Å². The van der Waals surface area contributed by atoms with Gasteiger partial charge in [-0.2, -0.15) is 0 Å². The molecule has 1 aromatic heterocycles. The highest BCUT2D eigenvalue weighted by molar-refractivity contribution is 5.81. The molecule has 2 atom stereocenters. The molecule has 0 spiro atoms. The lowest BCUT2D eigenvalue weighted by Crippen LogP contribution is -2.31. The summed E-state index contributed by atoms with van der Waals surface area (Å²) >= 11 is 0. The average Bonchev–Trinajstić information content (AvgIpc) is 2.77. The molecule has 0 radical (unpaired) electrons. The monoisotopic (exact) mass is 413 g/mol. The Morgan fingerprint density at radius 2 is 1.68 bits per heavy atom. The lowest BCUT2D eigenvalue weighted by Gasteiger charge is -2.24. The van der Waals surface area contributed by atoms with Gasteiger partial charge in [0, 0.05) is 17.5 Å². The highest BCUT2D eigenvalue weighted by Crippen LogP contribution is 2.34. The van der Waals surface area contributed by atoms with E-state index < -0.39 is 12.2 Å².